The third-order valence-electron chi connectivity index (χ3n) is 5.45. The molecule has 3 unspecified atom stereocenters. The molecule has 2 aliphatic rings. The molecule has 0 bridgehead atoms. The lowest BCUT2D eigenvalue weighted by atomic mass is 9.94. The molecule has 7 amide bonds. The molecule has 3 atom stereocenters. The smallest absolute Gasteiger partial charge is 0.330 e. The molecule has 0 aromatic heterocycles. The highest BCUT2D eigenvalue weighted by Crippen LogP contribution is 2.26. The third kappa shape index (κ3) is 3.83. The van der Waals surface area contributed by atoms with E-state index in [2.05, 4.69) is 10.6 Å². The Balaban J connectivity index is 1.52. The molecule has 2 aromatic rings. The number of nitrogens with zero attached hydrogens (tertiary/aromatic N) is 2. The molecule has 10 heteroatoms. The highest BCUT2D eigenvalue weighted by molar-refractivity contribution is 6.19. The fraction of sp³-hybridized carbons (Fsp3) is 0.227. The standard InChI is InChI=1S/C22H20N4O6/c27-17-15(13-7-3-1-4-8-13)19(29)25(21(31)23-17)11-12-26-20(30)16(18(28)24-22(26)32)14-9-5-2-6-10-14/h1-10,15-17,27H,11-12H2,(H,23,31)(H,24,28,32). The van der Waals surface area contributed by atoms with Crippen LogP contribution in [0, 0.1) is 0 Å². The van der Waals surface area contributed by atoms with Crippen molar-refractivity contribution in [1.29, 1.82) is 0 Å². The van der Waals surface area contributed by atoms with Crippen molar-refractivity contribution in [2.24, 2.45) is 0 Å². The van der Waals surface area contributed by atoms with Crippen LogP contribution in [0.4, 0.5) is 9.59 Å². The van der Waals surface area contributed by atoms with Crippen LogP contribution in [-0.2, 0) is 14.4 Å². The first-order valence-corrected chi connectivity index (χ1v) is 9.94. The van der Waals surface area contributed by atoms with Crippen molar-refractivity contribution in [3.8, 4) is 0 Å². The Kier molecular flexibility index (Phi) is 5.69. The van der Waals surface area contributed by atoms with Gasteiger partial charge in [-0.1, -0.05) is 60.7 Å². The van der Waals surface area contributed by atoms with Gasteiger partial charge in [-0.25, -0.2) is 9.59 Å². The van der Waals surface area contributed by atoms with Crippen LogP contribution in [0.2, 0.25) is 0 Å². The second kappa shape index (κ2) is 8.60. The fourth-order valence-electron chi connectivity index (χ4n) is 3.85. The summed E-state index contributed by atoms with van der Waals surface area (Å²) < 4.78 is 0. The normalized spacial score (nSPS) is 23.8. The molecule has 32 heavy (non-hydrogen) atoms. The van der Waals surface area contributed by atoms with E-state index in [1.165, 1.54) is 0 Å². The van der Waals surface area contributed by atoms with Gasteiger partial charge in [0.1, 0.15) is 18.1 Å². The largest absolute Gasteiger partial charge is 0.372 e. The number of urea groups is 2. The van der Waals surface area contributed by atoms with Crippen LogP contribution in [0.5, 0.6) is 0 Å². The van der Waals surface area contributed by atoms with E-state index in [4.69, 9.17) is 0 Å². The lowest BCUT2D eigenvalue weighted by molar-refractivity contribution is -0.141. The molecule has 0 spiro atoms. The van der Waals surface area contributed by atoms with Crippen LogP contribution < -0.4 is 10.6 Å². The minimum absolute atomic E-state index is 0.296. The number of carbonyl (C=O) groups is 5. The van der Waals surface area contributed by atoms with Crippen LogP contribution in [-0.4, -0.2) is 64.0 Å². The molecule has 2 aromatic carbocycles. The second-order valence-electron chi connectivity index (χ2n) is 7.40. The summed E-state index contributed by atoms with van der Waals surface area (Å²) in [7, 11) is 0. The van der Waals surface area contributed by atoms with E-state index in [9.17, 15) is 29.1 Å². The van der Waals surface area contributed by atoms with Gasteiger partial charge in [0.15, 0.2) is 0 Å². The van der Waals surface area contributed by atoms with Gasteiger partial charge in [-0.3, -0.25) is 29.5 Å². The van der Waals surface area contributed by atoms with Gasteiger partial charge in [-0.05, 0) is 11.1 Å². The van der Waals surface area contributed by atoms with Gasteiger partial charge in [-0.15, -0.1) is 0 Å². The van der Waals surface area contributed by atoms with E-state index < -0.39 is 47.8 Å². The van der Waals surface area contributed by atoms with Crippen LogP contribution in [0.25, 0.3) is 0 Å². The first-order valence-electron chi connectivity index (χ1n) is 9.94. The quantitative estimate of drug-likeness (QED) is 0.584. The van der Waals surface area contributed by atoms with Crippen LogP contribution in [0.15, 0.2) is 60.7 Å². The van der Waals surface area contributed by atoms with Crippen LogP contribution >= 0.6 is 0 Å². The molecule has 2 fully saturated rings. The number of amides is 7. The number of nitrogens with one attached hydrogen (secondary N) is 2. The maximum absolute atomic E-state index is 13.0. The van der Waals surface area contributed by atoms with Crippen molar-refractivity contribution in [3.63, 3.8) is 0 Å². The van der Waals surface area contributed by atoms with E-state index in [1.54, 1.807) is 60.7 Å². The molecule has 2 saturated heterocycles. The summed E-state index contributed by atoms with van der Waals surface area (Å²) in [6.07, 6.45) is -1.41. The molecular weight excluding hydrogens is 416 g/mol. The topological polar surface area (TPSA) is 136 Å². The van der Waals surface area contributed by atoms with Crippen molar-refractivity contribution in [1.82, 2.24) is 20.4 Å². The monoisotopic (exact) mass is 436 g/mol. The van der Waals surface area contributed by atoms with Crippen molar-refractivity contribution >= 4 is 29.8 Å². The van der Waals surface area contributed by atoms with Crippen molar-refractivity contribution < 1.29 is 29.1 Å². The highest BCUT2D eigenvalue weighted by Gasteiger charge is 2.44. The predicted molar refractivity (Wildman–Crippen MR) is 110 cm³/mol. The first-order chi connectivity index (χ1) is 15.4. The number of benzene rings is 2. The molecule has 3 N–H and O–H groups in total. The minimum Gasteiger partial charge on any atom is -0.372 e. The zero-order chi connectivity index (χ0) is 22.8. The van der Waals surface area contributed by atoms with E-state index in [-0.39, 0.29) is 13.1 Å². The summed E-state index contributed by atoms with van der Waals surface area (Å²) in [4.78, 5) is 64.4. The Morgan fingerprint density at radius 1 is 0.719 bits per heavy atom. The van der Waals surface area contributed by atoms with E-state index in [0.717, 1.165) is 9.80 Å². The lowest BCUT2D eigenvalue weighted by Gasteiger charge is -2.36. The summed E-state index contributed by atoms with van der Waals surface area (Å²) in [6.45, 7) is -0.604. The SMILES string of the molecule is O=C1NC(=O)N(CCN2C(=O)NC(O)C(c3ccccc3)C2=O)C(=O)C1c1ccccc1. The molecule has 0 radical (unpaired) electrons. The summed E-state index contributed by atoms with van der Waals surface area (Å²) in [6, 6.07) is 15.0. The Hall–Kier alpha value is -4.05. The zero-order valence-electron chi connectivity index (χ0n) is 16.8. The Morgan fingerprint density at radius 3 is 1.84 bits per heavy atom. The van der Waals surface area contributed by atoms with Gasteiger partial charge < -0.3 is 10.4 Å². The van der Waals surface area contributed by atoms with Gasteiger partial charge in [0.05, 0.1) is 0 Å². The van der Waals surface area contributed by atoms with Gasteiger partial charge in [0, 0.05) is 13.1 Å². The molecule has 0 saturated carbocycles. The number of imide groups is 3. The molecule has 2 heterocycles. The zero-order valence-corrected chi connectivity index (χ0v) is 16.8. The number of aliphatic hydroxyl groups is 1. The number of rotatable bonds is 5. The fourth-order valence-corrected chi connectivity index (χ4v) is 3.85. The lowest BCUT2D eigenvalue weighted by Crippen LogP contribution is -2.62. The number of carbonyl (C=O) groups excluding carboxylic acids is 5. The maximum Gasteiger partial charge on any atom is 0.330 e. The molecule has 2 aliphatic heterocycles. The highest BCUT2D eigenvalue weighted by atomic mass is 16.3. The summed E-state index contributed by atoms with van der Waals surface area (Å²) in [5, 5.41) is 14.7. The number of hydrogen-bond acceptors (Lipinski definition) is 6. The van der Waals surface area contributed by atoms with Crippen molar-refractivity contribution in [3.05, 3.63) is 71.8 Å². The average molecular weight is 436 g/mol. The number of hydrogen-bond donors (Lipinski definition) is 3. The number of aliphatic hydroxyl groups excluding tert-OH is 1. The maximum atomic E-state index is 13.0. The van der Waals surface area contributed by atoms with Crippen molar-refractivity contribution in [2.75, 3.05) is 13.1 Å². The summed E-state index contributed by atoms with van der Waals surface area (Å²) >= 11 is 0. The van der Waals surface area contributed by atoms with Crippen LogP contribution in [0.1, 0.15) is 23.0 Å². The van der Waals surface area contributed by atoms with E-state index in [0.29, 0.717) is 11.1 Å². The third-order valence-corrected chi connectivity index (χ3v) is 5.45. The summed E-state index contributed by atoms with van der Waals surface area (Å²) in [5.41, 5.74) is 0.933. The number of barbiturate groups is 1. The Bertz CT molecular complexity index is 1070. The Labute approximate surface area is 182 Å². The van der Waals surface area contributed by atoms with E-state index >= 15 is 0 Å². The summed E-state index contributed by atoms with van der Waals surface area (Å²) in [5.74, 6) is -4.37. The molecule has 0 aliphatic carbocycles. The molecular formula is C22H20N4O6. The molecule has 10 nitrogen and oxygen atoms in total. The minimum atomic E-state index is -1.41. The van der Waals surface area contributed by atoms with Crippen LogP contribution in [0.3, 0.4) is 0 Å². The van der Waals surface area contributed by atoms with E-state index in [1.807, 2.05) is 0 Å². The second-order valence-corrected chi connectivity index (χ2v) is 7.40. The molecule has 4 rings (SSSR count). The van der Waals surface area contributed by atoms with Gasteiger partial charge in [-0.2, -0.15) is 0 Å². The van der Waals surface area contributed by atoms with Gasteiger partial charge in [0.2, 0.25) is 17.7 Å². The Morgan fingerprint density at radius 2 is 1.25 bits per heavy atom. The van der Waals surface area contributed by atoms with Crippen molar-refractivity contribution in [2.45, 2.75) is 18.1 Å². The molecule has 164 valence electrons. The van der Waals surface area contributed by atoms with Gasteiger partial charge >= 0.3 is 12.1 Å². The van der Waals surface area contributed by atoms with Gasteiger partial charge in [0.25, 0.3) is 0 Å². The first kappa shape index (κ1) is 21.2. The predicted octanol–water partition coefficient (Wildman–Crippen LogP) is 0.503. The average Bonchev–Trinajstić information content (AvgIpc) is 2.76.